The summed E-state index contributed by atoms with van der Waals surface area (Å²) in [5.41, 5.74) is 6.94. The molecule has 1 unspecified atom stereocenters. The molecule has 0 aromatic heterocycles. The maximum absolute atomic E-state index is 11.1. The third-order valence-electron chi connectivity index (χ3n) is 2.94. The molecule has 94 valence electrons. The molecule has 1 aromatic rings. The third-order valence-corrected chi connectivity index (χ3v) is 2.94. The third kappa shape index (κ3) is 4.57. The second kappa shape index (κ2) is 7.07. The number of benzene rings is 1. The Morgan fingerprint density at radius 3 is 2.76 bits per heavy atom. The Hall–Kier alpha value is -1.35. The summed E-state index contributed by atoms with van der Waals surface area (Å²) in [7, 11) is 0. The number of amides is 1. The van der Waals surface area contributed by atoms with Crippen LogP contribution >= 0.6 is 0 Å². The van der Waals surface area contributed by atoms with E-state index in [9.17, 15) is 4.79 Å². The molecule has 0 saturated carbocycles. The first-order valence-corrected chi connectivity index (χ1v) is 6.29. The van der Waals surface area contributed by atoms with Crippen molar-refractivity contribution >= 4 is 5.91 Å². The second-order valence-corrected chi connectivity index (χ2v) is 4.34. The van der Waals surface area contributed by atoms with E-state index < -0.39 is 0 Å². The Labute approximate surface area is 103 Å². The molecule has 3 heteroatoms. The monoisotopic (exact) mass is 234 g/mol. The fraction of sp³-hybridized carbons (Fsp3) is 0.500. The van der Waals surface area contributed by atoms with E-state index in [1.807, 2.05) is 18.2 Å². The first-order valence-electron chi connectivity index (χ1n) is 6.29. The fourth-order valence-corrected chi connectivity index (χ4v) is 1.90. The van der Waals surface area contributed by atoms with Gasteiger partial charge in [-0.1, -0.05) is 32.4 Å². The average molecular weight is 234 g/mol. The van der Waals surface area contributed by atoms with E-state index in [0.717, 1.165) is 18.5 Å². The van der Waals surface area contributed by atoms with Gasteiger partial charge in [-0.3, -0.25) is 4.79 Å². The van der Waals surface area contributed by atoms with Crippen LogP contribution in [0, 0.1) is 0 Å². The Morgan fingerprint density at radius 1 is 1.41 bits per heavy atom. The van der Waals surface area contributed by atoms with Crippen LogP contribution in [0.2, 0.25) is 0 Å². The standard InChI is InChI=1S/C14H22N2O/c1-3-6-13(4-2)16-10-11-7-5-8-12(9-11)14(15)17/h5,7-9,13,16H,3-4,6,10H2,1-2H3,(H2,15,17). The molecule has 0 radical (unpaired) electrons. The normalized spacial score (nSPS) is 12.4. The molecule has 0 spiro atoms. The Kier molecular flexibility index (Phi) is 5.70. The van der Waals surface area contributed by atoms with Gasteiger partial charge in [0.05, 0.1) is 0 Å². The molecule has 0 bridgehead atoms. The molecule has 0 aliphatic carbocycles. The van der Waals surface area contributed by atoms with Gasteiger partial charge in [-0.2, -0.15) is 0 Å². The molecule has 0 aliphatic heterocycles. The lowest BCUT2D eigenvalue weighted by molar-refractivity contribution is 0.1000. The van der Waals surface area contributed by atoms with Gasteiger partial charge >= 0.3 is 0 Å². The fourth-order valence-electron chi connectivity index (χ4n) is 1.90. The molecule has 17 heavy (non-hydrogen) atoms. The molecule has 3 N–H and O–H groups in total. The van der Waals surface area contributed by atoms with Crippen LogP contribution < -0.4 is 11.1 Å². The number of primary amides is 1. The van der Waals surface area contributed by atoms with Crippen molar-refractivity contribution < 1.29 is 4.79 Å². The van der Waals surface area contributed by atoms with Gasteiger partial charge in [-0.15, -0.1) is 0 Å². The molecule has 0 saturated heterocycles. The zero-order valence-electron chi connectivity index (χ0n) is 10.7. The van der Waals surface area contributed by atoms with Gasteiger partial charge in [0.25, 0.3) is 0 Å². The van der Waals surface area contributed by atoms with Gasteiger partial charge in [0.15, 0.2) is 0 Å². The highest BCUT2D eigenvalue weighted by Crippen LogP contribution is 2.07. The van der Waals surface area contributed by atoms with Crippen molar-refractivity contribution in [1.82, 2.24) is 5.32 Å². The lowest BCUT2D eigenvalue weighted by Crippen LogP contribution is -2.27. The largest absolute Gasteiger partial charge is 0.366 e. The van der Waals surface area contributed by atoms with E-state index in [1.165, 1.54) is 12.8 Å². The summed E-state index contributed by atoms with van der Waals surface area (Å²) in [5, 5.41) is 3.50. The number of nitrogens with one attached hydrogen (secondary N) is 1. The lowest BCUT2D eigenvalue weighted by atomic mass is 10.1. The molecule has 0 heterocycles. The predicted molar refractivity (Wildman–Crippen MR) is 70.8 cm³/mol. The van der Waals surface area contributed by atoms with Crippen LogP contribution in [0.4, 0.5) is 0 Å². The van der Waals surface area contributed by atoms with Gasteiger partial charge in [0.1, 0.15) is 0 Å². The molecule has 1 amide bonds. The quantitative estimate of drug-likeness (QED) is 0.761. The molecular weight excluding hydrogens is 212 g/mol. The highest BCUT2D eigenvalue weighted by atomic mass is 16.1. The Balaban J connectivity index is 2.56. The molecule has 1 rings (SSSR count). The van der Waals surface area contributed by atoms with E-state index in [-0.39, 0.29) is 5.91 Å². The topological polar surface area (TPSA) is 55.1 Å². The number of rotatable bonds is 7. The van der Waals surface area contributed by atoms with E-state index in [4.69, 9.17) is 5.73 Å². The minimum Gasteiger partial charge on any atom is -0.366 e. The minimum absolute atomic E-state index is 0.368. The van der Waals surface area contributed by atoms with Crippen molar-refractivity contribution in [3.63, 3.8) is 0 Å². The summed E-state index contributed by atoms with van der Waals surface area (Å²) in [6, 6.07) is 8.04. The van der Waals surface area contributed by atoms with Crippen LogP contribution in [0.1, 0.15) is 49.0 Å². The lowest BCUT2D eigenvalue weighted by Gasteiger charge is -2.16. The summed E-state index contributed by atoms with van der Waals surface area (Å²) >= 11 is 0. The van der Waals surface area contributed by atoms with Crippen molar-refractivity contribution in [3.05, 3.63) is 35.4 Å². The Bertz CT molecular complexity index is 363. The number of carbonyl (C=O) groups excluding carboxylic acids is 1. The highest BCUT2D eigenvalue weighted by Gasteiger charge is 2.05. The van der Waals surface area contributed by atoms with E-state index >= 15 is 0 Å². The van der Waals surface area contributed by atoms with Gasteiger partial charge in [-0.05, 0) is 30.5 Å². The van der Waals surface area contributed by atoms with Crippen LogP contribution in [0.3, 0.4) is 0 Å². The summed E-state index contributed by atoms with van der Waals surface area (Å²) in [4.78, 5) is 11.1. The average Bonchev–Trinajstić information content (AvgIpc) is 2.34. The number of nitrogens with two attached hydrogens (primary N) is 1. The molecular formula is C14H22N2O. The van der Waals surface area contributed by atoms with Gasteiger partial charge in [0.2, 0.25) is 5.91 Å². The summed E-state index contributed by atoms with van der Waals surface area (Å²) in [5.74, 6) is -0.368. The second-order valence-electron chi connectivity index (χ2n) is 4.34. The number of hydrogen-bond donors (Lipinski definition) is 2. The molecule has 1 aromatic carbocycles. The van der Waals surface area contributed by atoms with Crippen LogP contribution in [-0.4, -0.2) is 11.9 Å². The highest BCUT2D eigenvalue weighted by molar-refractivity contribution is 5.92. The minimum atomic E-state index is -0.368. The molecule has 1 atom stereocenters. The van der Waals surface area contributed by atoms with E-state index in [0.29, 0.717) is 11.6 Å². The zero-order valence-corrected chi connectivity index (χ0v) is 10.7. The van der Waals surface area contributed by atoms with E-state index in [1.54, 1.807) is 6.07 Å². The predicted octanol–water partition coefficient (Wildman–Crippen LogP) is 2.45. The van der Waals surface area contributed by atoms with Gasteiger partial charge in [0, 0.05) is 18.2 Å². The van der Waals surface area contributed by atoms with E-state index in [2.05, 4.69) is 19.2 Å². The summed E-state index contributed by atoms with van der Waals surface area (Å²) in [6.45, 7) is 5.17. The van der Waals surface area contributed by atoms with Crippen molar-refractivity contribution in [1.29, 1.82) is 0 Å². The van der Waals surface area contributed by atoms with Crippen molar-refractivity contribution in [2.45, 2.75) is 45.7 Å². The van der Waals surface area contributed by atoms with Crippen molar-refractivity contribution in [2.75, 3.05) is 0 Å². The molecule has 0 aliphatic rings. The van der Waals surface area contributed by atoms with Crippen LogP contribution in [-0.2, 0) is 6.54 Å². The maximum atomic E-state index is 11.1. The summed E-state index contributed by atoms with van der Waals surface area (Å²) in [6.07, 6.45) is 3.50. The van der Waals surface area contributed by atoms with Gasteiger partial charge < -0.3 is 11.1 Å². The van der Waals surface area contributed by atoms with Crippen molar-refractivity contribution in [3.8, 4) is 0 Å². The van der Waals surface area contributed by atoms with Crippen LogP contribution in [0.5, 0.6) is 0 Å². The molecule has 3 nitrogen and oxygen atoms in total. The number of hydrogen-bond acceptors (Lipinski definition) is 2. The molecule has 0 fully saturated rings. The maximum Gasteiger partial charge on any atom is 0.248 e. The smallest absolute Gasteiger partial charge is 0.248 e. The van der Waals surface area contributed by atoms with Crippen molar-refractivity contribution in [2.24, 2.45) is 5.73 Å². The van der Waals surface area contributed by atoms with Crippen LogP contribution in [0.15, 0.2) is 24.3 Å². The summed E-state index contributed by atoms with van der Waals surface area (Å²) < 4.78 is 0. The van der Waals surface area contributed by atoms with Crippen LogP contribution in [0.25, 0.3) is 0 Å². The first-order chi connectivity index (χ1) is 8.17. The Morgan fingerprint density at radius 2 is 2.18 bits per heavy atom. The van der Waals surface area contributed by atoms with Gasteiger partial charge in [-0.25, -0.2) is 0 Å². The first kappa shape index (κ1) is 13.7. The number of carbonyl (C=O) groups is 1. The SMILES string of the molecule is CCCC(CC)NCc1cccc(C(N)=O)c1. The zero-order chi connectivity index (χ0) is 12.7.